The van der Waals surface area contributed by atoms with Gasteiger partial charge in [-0.3, -0.25) is 4.79 Å². The highest BCUT2D eigenvalue weighted by Crippen LogP contribution is 2.32. The summed E-state index contributed by atoms with van der Waals surface area (Å²) in [7, 11) is 1.50. The molecule has 31 heavy (non-hydrogen) atoms. The third-order valence-corrected chi connectivity index (χ3v) is 5.46. The molecule has 2 rings (SSSR count). The van der Waals surface area contributed by atoms with Crippen molar-refractivity contribution in [2.45, 2.75) is 71.1 Å². The molecule has 3 N–H and O–H groups in total. The van der Waals surface area contributed by atoms with Crippen LogP contribution in [0, 0.1) is 0 Å². The molecule has 1 aliphatic rings. The van der Waals surface area contributed by atoms with Crippen LogP contribution in [0.5, 0.6) is 0 Å². The normalized spacial score (nSPS) is 14.6. The molecule has 0 aromatic heterocycles. The standard InChI is InChI=1S/C25H37N3O.CH5N/c1-4-7-18-26-27-20-24(11-5-2)28(19-6-3)25(29)23-16-14-22(15-17-23)21-12-9-8-10-13-21;1-2/h5,11,14-17,20-21,26H,2,4,6-10,12-13,18-19H2,1,3H3;2H2,1H3/b24-11+,27-20-;. The van der Waals surface area contributed by atoms with Gasteiger partial charge in [-0.25, -0.2) is 0 Å². The molecule has 172 valence electrons. The van der Waals surface area contributed by atoms with Crippen LogP contribution in [-0.4, -0.2) is 37.2 Å². The first-order valence-electron chi connectivity index (χ1n) is 11.8. The van der Waals surface area contributed by atoms with E-state index in [2.05, 4.69) is 48.8 Å². The number of hydrogen-bond donors (Lipinski definition) is 2. The zero-order chi connectivity index (χ0) is 22.9. The summed E-state index contributed by atoms with van der Waals surface area (Å²) in [5.41, 5.74) is 10.4. The highest BCUT2D eigenvalue weighted by atomic mass is 16.2. The second-order valence-electron chi connectivity index (χ2n) is 7.76. The Morgan fingerprint density at radius 3 is 2.42 bits per heavy atom. The first-order valence-corrected chi connectivity index (χ1v) is 11.8. The summed E-state index contributed by atoms with van der Waals surface area (Å²) >= 11 is 0. The molecule has 0 radical (unpaired) electrons. The maximum Gasteiger partial charge on any atom is 0.258 e. The van der Waals surface area contributed by atoms with Gasteiger partial charge in [-0.15, -0.1) is 0 Å². The molecule has 1 saturated carbocycles. The van der Waals surface area contributed by atoms with Crippen LogP contribution >= 0.6 is 0 Å². The van der Waals surface area contributed by atoms with Crippen molar-refractivity contribution in [1.29, 1.82) is 0 Å². The molecule has 0 unspecified atom stereocenters. The summed E-state index contributed by atoms with van der Waals surface area (Å²) in [6.45, 7) is 9.50. The third kappa shape index (κ3) is 9.09. The number of nitrogens with one attached hydrogen (secondary N) is 1. The summed E-state index contributed by atoms with van der Waals surface area (Å²) < 4.78 is 0. The number of benzene rings is 1. The van der Waals surface area contributed by atoms with Crippen molar-refractivity contribution >= 4 is 12.1 Å². The summed E-state index contributed by atoms with van der Waals surface area (Å²) in [4.78, 5) is 15.0. The highest BCUT2D eigenvalue weighted by Gasteiger charge is 2.20. The quantitative estimate of drug-likeness (QED) is 0.209. The van der Waals surface area contributed by atoms with E-state index in [4.69, 9.17) is 0 Å². The van der Waals surface area contributed by atoms with E-state index in [0.29, 0.717) is 12.5 Å². The molecule has 0 bridgehead atoms. The first-order chi connectivity index (χ1) is 15.2. The Kier molecular flexibility index (Phi) is 14.0. The first kappa shape index (κ1) is 26.6. The minimum atomic E-state index is 0.00940. The number of carbonyl (C=O) groups excluding carboxylic acids is 1. The van der Waals surface area contributed by atoms with Crippen molar-refractivity contribution in [3.8, 4) is 0 Å². The van der Waals surface area contributed by atoms with Crippen LogP contribution < -0.4 is 11.2 Å². The van der Waals surface area contributed by atoms with E-state index in [1.807, 2.05) is 18.2 Å². The van der Waals surface area contributed by atoms with Crippen molar-refractivity contribution < 1.29 is 4.79 Å². The van der Waals surface area contributed by atoms with Crippen LogP contribution in [0.4, 0.5) is 0 Å². The fraction of sp³-hybridized carbons (Fsp3) is 0.538. The summed E-state index contributed by atoms with van der Waals surface area (Å²) in [6.07, 6.45) is 14.9. The second kappa shape index (κ2) is 16.3. The maximum absolute atomic E-state index is 13.2. The molecule has 1 fully saturated rings. The van der Waals surface area contributed by atoms with E-state index < -0.39 is 0 Å². The lowest BCUT2D eigenvalue weighted by Crippen LogP contribution is -2.32. The number of carbonyl (C=O) groups is 1. The number of nitrogens with zero attached hydrogens (tertiary/aromatic N) is 2. The van der Waals surface area contributed by atoms with Gasteiger partial charge in [-0.2, -0.15) is 5.10 Å². The van der Waals surface area contributed by atoms with E-state index >= 15 is 0 Å². The molecule has 0 heterocycles. The molecule has 1 amide bonds. The third-order valence-electron chi connectivity index (χ3n) is 5.46. The molecular weight excluding hydrogens is 384 g/mol. The largest absolute Gasteiger partial charge is 0.333 e. The molecule has 0 spiro atoms. The van der Waals surface area contributed by atoms with Gasteiger partial charge in [0, 0.05) is 18.7 Å². The van der Waals surface area contributed by atoms with Crippen LogP contribution in [-0.2, 0) is 0 Å². The fourth-order valence-electron chi connectivity index (χ4n) is 3.82. The zero-order valence-electron chi connectivity index (χ0n) is 19.8. The fourth-order valence-corrected chi connectivity index (χ4v) is 3.82. The lowest BCUT2D eigenvalue weighted by molar-refractivity contribution is 0.0814. The number of allylic oxidation sites excluding steroid dienone is 3. The van der Waals surface area contributed by atoms with Crippen LogP contribution in [0.2, 0.25) is 0 Å². The summed E-state index contributed by atoms with van der Waals surface area (Å²) in [6, 6.07) is 8.25. The smallest absolute Gasteiger partial charge is 0.258 e. The van der Waals surface area contributed by atoms with E-state index in [-0.39, 0.29) is 5.91 Å². The molecule has 5 heteroatoms. The number of hydrogen-bond acceptors (Lipinski definition) is 4. The van der Waals surface area contributed by atoms with Crippen LogP contribution in [0.15, 0.2) is 53.8 Å². The zero-order valence-corrected chi connectivity index (χ0v) is 19.8. The van der Waals surface area contributed by atoms with Gasteiger partial charge < -0.3 is 16.1 Å². The topological polar surface area (TPSA) is 70.7 Å². The van der Waals surface area contributed by atoms with Crippen molar-refractivity contribution in [1.82, 2.24) is 10.3 Å². The maximum atomic E-state index is 13.2. The Morgan fingerprint density at radius 2 is 1.84 bits per heavy atom. The van der Waals surface area contributed by atoms with E-state index in [1.165, 1.54) is 44.7 Å². The van der Waals surface area contributed by atoms with Gasteiger partial charge in [0.2, 0.25) is 0 Å². The predicted octanol–water partition coefficient (Wildman–Crippen LogP) is 5.61. The summed E-state index contributed by atoms with van der Waals surface area (Å²) in [5, 5.41) is 4.30. The Bertz CT molecular complexity index is 688. The van der Waals surface area contributed by atoms with Crippen LogP contribution in [0.3, 0.4) is 0 Å². The predicted molar refractivity (Wildman–Crippen MR) is 133 cm³/mol. The average molecular weight is 427 g/mol. The van der Waals surface area contributed by atoms with E-state index in [1.54, 1.807) is 17.2 Å². The molecule has 1 aromatic carbocycles. The van der Waals surface area contributed by atoms with Gasteiger partial charge in [0.05, 0.1) is 11.9 Å². The Labute approximate surface area is 189 Å². The van der Waals surface area contributed by atoms with Crippen molar-refractivity contribution in [3.05, 3.63) is 59.8 Å². The van der Waals surface area contributed by atoms with Crippen molar-refractivity contribution in [2.24, 2.45) is 10.8 Å². The lowest BCUT2D eigenvalue weighted by Gasteiger charge is -2.24. The highest BCUT2D eigenvalue weighted by molar-refractivity contribution is 5.99. The molecule has 0 saturated heterocycles. The molecule has 1 aliphatic carbocycles. The van der Waals surface area contributed by atoms with Crippen molar-refractivity contribution in [3.63, 3.8) is 0 Å². The Morgan fingerprint density at radius 1 is 1.16 bits per heavy atom. The van der Waals surface area contributed by atoms with Crippen LogP contribution in [0.1, 0.15) is 87.1 Å². The van der Waals surface area contributed by atoms with Gasteiger partial charge >= 0.3 is 0 Å². The summed E-state index contributed by atoms with van der Waals surface area (Å²) in [5.74, 6) is 0.660. The molecule has 5 nitrogen and oxygen atoms in total. The minimum Gasteiger partial charge on any atom is -0.333 e. The molecule has 0 atom stereocenters. The van der Waals surface area contributed by atoms with E-state index in [0.717, 1.165) is 37.1 Å². The van der Waals surface area contributed by atoms with Gasteiger partial charge in [0.15, 0.2) is 0 Å². The average Bonchev–Trinajstić information content (AvgIpc) is 2.83. The number of hydrazone groups is 1. The minimum absolute atomic E-state index is 0.00940. The number of rotatable bonds is 11. The van der Waals surface area contributed by atoms with Crippen LogP contribution in [0.25, 0.3) is 0 Å². The Hall–Kier alpha value is -2.40. The molecule has 0 aliphatic heterocycles. The van der Waals surface area contributed by atoms with Gasteiger partial charge in [-0.05, 0) is 62.4 Å². The molecular formula is C26H42N4O. The van der Waals surface area contributed by atoms with Gasteiger partial charge in [0.1, 0.15) is 0 Å². The second-order valence-corrected chi connectivity index (χ2v) is 7.76. The number of unbranched alkanes of at least 4 members (excludes halogenated alkanes) is 1. The van der Waals surface area contributed by atoms with Crippen molar-refractivity contribution in [2.75, 3.05) is 20.1 Å². The van der Waals surface area contributed by atoms with Gasteiger partial charge in [-0.1, -0.05) is 64.3 Å². The number of amides is 1. The SMILES string of the molecule is C=C/C=C(\C=N/NCCCC)N(CCC)C(=O)c1ccc(C2CCCCC2)cc1.CN. The monoisotopic (exact) mass is 426 g/mol. The number of nitrogens with two attached hydrogens (primary N) is 1. The van der Waals surface area contributed by atoms with Gasteiger partial charge in [0.25, 0.3) is 5.91 Å². The lowest BCUT2D eigenvalue weighted by atomic mass is 9.84. The Balaban J connectivity index is 0.00000233. The molecule has 1 aromatic rings. The van der Waals surface area contributed by atoms with E-state index in [9.17, 15) is 4.79 Å².